The highest BCUT2D eigenvalue weighted by Gasteiger charge is 2.30. The minimum absolute atomic E-state index is 1.03. The van der Waals surface area contributed by atoms with Crippen LogP contribution in [0.1, 0.15) is 0 Å². The van der Waals surface area contributed by atoms with Crippen LogP contribution in [0.3, 0.4) is 0 Å². The Hall–Kier alpha value is -3.91. The fourth-order valence-corrected chi connectivity index (χ4v) is 9.70. The minimum atomic E-state index is 1.03. The number of furan rings is 1. The van der Waals surface area contributed by atoms with Crippen LogP contribution in [0.5, 0.6) is 0 Å². The summed E-state index contributed by atoms with van der Waals surface area (Å²) in [7, 11) is 34.8. The molecule has 1 aromatic heterocycles. The second kappa shape index (κ2) is 12.1. The van der Waals surface area contributed by atoms with Crippen LogP contribution in [-0.2, 0) is 0 Å². The Morgan fingerprint density at radius 1 is 0.288 bits per heavy atom. The monoisotopic (exact) mass is 650 g/mol. The molecular formula is C36H37B15O. The fourth-order valence-electron chi connectivity index (χ4n) is 9.70. The molecule has 0 aliphatic heterocycles. The molecule has 52 heavy (non-hydrogen) atoms. The van der Waals surface area contributed by atoms with Gasteiger partial charge in [0, 0.05) is 10.8 Å². The van der Waals surface area contributed by atoms with Crippen molar-refractivity contribution in [1.29, 1.82) is 0 Å². The van der Waals surface area contributed by atoms with Gasteiger partial charge in [-0.2, -0.15) is 0 Å². The average Bonchev–Trinajstić information content (AvgIpc) is 3.54. The molecule has 1 heterocycles. The molecule has 16 heteroatoms. The quantitative estimate of drug-likeness (QED) is 0.134. The first-order valence-electron chi connectivity index (χ1n) is 19.0. The van der Waals surface area contributed by atoms with Crippen molar-refractivity contribution >= 4 is 254 Å². The van der Waals surface area contributed by atoms with Gasteiger partial charge in [-0.25, -0.2) is 0 Å². The second-order valence-corrected chi connectivity index (χ2v) is 16.0. The van der Waals surface area contributed by atoms with Crippen LogP contribution in [0.25, 0.3) is 76.5 Å². The third-order valence-corrected chi connectivity index (χ3v) is 14.1. The molecule has 0 atom stereocenters. The molecule has 0 N–H and O–H groups in total. The number of rotatable bonds is 2. The molecule has 0 saturated heterocycles. The summed E-state index contributed by atoms with van der Waals surface area (Å²) < 4.78 is 7.09. The highest BCUT2D eigenvalue weighted by molar-refractivity contribution is 6.73. The molecule has 0 amide bonds. The highest BCUT2D eigenvalue weighted by atomic mass is 16.3. The van der Waals surface area contributed by atoms with E-state index in [-0.39, 0.29) is 0 Å². The van der Waals surface area contributed by atoms with E-state index in [1.165, 1.54) is 147 Å². The molecule has 232 valence electrons. The van der Waals surface area contributed by atoms with E-state index in [2.05, 4.69) is 160 Å². The van der Waals surface area contributed by atoms with E-state index in [0.29, 0.717) is 0 Å². The van der Waals surface area contributed by atoms with Crippen molar-refractivity contribution in [2.75, 3.05) is 0 Å². The maximum Gasteiger partial charge on any atom is 0.143 e. The Kier molecular flexibility index (Phi) is 8.15. The summed E-state index contributed by atoms with van der Waals surface area (Å²) in [6.07, 6.45) is 0. The molecular weight excluding hydrogens is 611 g/mol. The van der Waals surface area contributed by atoms with Crippen LogP contribution in [-0.4, -0.2) is 118 Å². The summed E-state index contributed by atoms with van der Waals surface area (Å²) in [4.78, 5) is 0. The summed E-state index contributed by atoms with van der Waals surface area (Å²) in [5.41, 5.74) is 27.5. The zero-order chi connectivity index (χ0) is 37.4. The van der Waals surface area contributed by atoms with Gasteiger partial charge in [-0.15, -0.1) is 27.3 Å². The molecule has 0 unspecified atom stereocenters. The Balaban J connectivity index is 1.80. The Labute approximate surface area is 321 Å². The van der Waals surface area contributed by atoms with E-state index in [1.54, 1.807) is 0 Å². The van der Waals surface area contributed by atoms with Gasteiger partial charge in [0.25, 0.3) is 0 Å². The van der Waals surface area contributed by atoms with Crippen molar-refractivity contribution in [1.82, 2.24) is 0 Å². The molecule has 0 radical (unpaired) electrons. The summed E-state index contributed by atoms with van der Waals surface area (Å²) in [6, 6.07) is 15.8. The van der Waals surface area contributed by atoms with Crippen LogP contribution < -0.4 is 81.9 Å². The van der Waals surface area contributed by atoms with Crippen LogP contribution in [0.2, 0.25) is 0 Å². The maximum atomic E-state index is 7.09. The number of hydrogen-bond donors (Lipinski definition) is 0. The Bertz CT molecular complexity index is 2880. The van der Waals surface area contributed by atoms with Gasteiger partial charge >= 0.3 is 0 Å². The standard InChI is InChI=1S/C36H37B15O/c37-20-13-11(10-7-3-5-8-4-1-2-6-9(8)10)14-16(23(40)29(46)27(44)21(14)38)12(15(13)22(39)28(45)26(20)43)17-18-19-25(42)30(47)32(49)34(51)36(19)52-35(18)33(50)31(48)24(17)41/h1-7H,37-51H2. The molecule has 0 spiro atoms. The van der Waals surface area contributed by atoms with E-state index in [1.807, 2.05) is 0 Å². The minimum Gasteiger partial charge on any atom is -0.457 e. The van der Waals surface area contributed by atoms with Gasteiger partial charge in [-0.05, 0) is 54.6 Å². The molecule has 8 rings (SSSR count). The molecule has 8 aromatic rings. The Morgan fingerprint density at radius 3 is 1.19 bits per heavy atom. The molecule has 0 bridgehead atoms. The van der Waals surface area contributed by atoms with E-state index >= 15 is 0 Å². The first-order chi connectivity index (χ1) is 24.6. The van der Waals surface area contributed by atoms with Gasteiger partial charge in [-0.1, -0.05) is 97.1 Å². The molecule has 1 nitrogen and oxygen atoms in total. The van der Waals surface area contributed by atoms with Gasteiger partial charge < -0.3 is 4.42 Å². The lowest BCUT2D eigenvalue weighted by molar-refractivity contribution is 0.675. The summed E-state index contributed by atoms with van der Waals surface area (Å²) in [5.74, 6) is 0. The SMILES string of the molecule is Bc1c(B)c(B)c2c(oc3c(B)c(B)c(B)c(-c4c5c(B)c(B)c(B)c(B)c5c(-c5cccc6ccccc56)c5c(B)c(B)c(B)c(B)c45)c32)c1B. The van der Waals surface area contributed by atoms with Crippen LogP contribution in [0.15, 0.2) is 46.9 Å². The lowest BCUT2D eigenvalue weighted by Crippen LogP contribution is -2.50. The summed E-state index contributed by atoms with van der Waals surface area (Å²) >= 11 is 0. The maximum absolute atomic E-state index is 7.09. The first-order valence-corrected chi connectivity index (χ1v) is 19.0. The number of fused-ring (bicyclic) bond motifs is 6. The zero-order valence-corrected chi connectivity index (χ0v) is 33.9. The van der Waals surface area contributed by atoms with E-state index in [4.69, 9.17) is 4.42 Å². The van der Waals surface area contributed by atoms with Gasteiger partial charge in [0.1, 0.15) is 129 Å². The topological polar surface area (TPSA) is 13.1 Å². The number of benzene rings is 7. The predicted molar refractivity (Wildman–Crippen MR) is 280 cm³/mol. The summed E-state index contributed by atoms with van der Waals surface area (Å²) in [6.45, 7) is 0. The van der Waals surface area contributed by atoms with Crippen molar-refractivity contribution in [2.24, 2.45) is 0 Å². The van der Waals surface area contributed by atoms with Gasteiger partial charge in [0.05, 0.1) is 0 Å². The van der Waals surface area contributed by atoms with Gasteiger partial charge in [-0.3, -0.25) is 0 Å². The van der Waals surface area contributed by atoms with Crippen LogP contribution in [0.4, 0.5) is 0 Å². The Morgan fingerprint density at radius 2 is 0.673 bits per heavy atom. The first kappa shape index (κ1) is 35.1. The van der Waals surface area contributed by atoms with Crippen molar-refractivity contribution in [2.45, 2.75) is 0 Å². The molecule has 0 aliphatic carbocycles. The van der Waals surface area contributed by atoms with Crippen LogP contribution >= 0.6 is 0 Å². The van der Waals surface area contributed by atoms with E-state index < -0.39 is 0 Å². The van der Waals surface area contributed by atoms with Crippen molar-refractivity contribution in [3.05, 3.63) is 42.5 Å². The van der Waals surface area contributed by atoms with Gasteiger partial charge in [0.15, 0.2) is 0 Å². The normalized spacial score (nSPS) is 11.8. The predicted octanol–water partition coefficient (Wildman–Crippen LogP) is -15.7. The molecule has 0 saturated carbocycles. The van der Waals surface area contributed by atoms with Crippen LogP contribution in [0, 0.1) is 0 Å². The zero-order valence-electron chi connectivity index (χ0n) is 33.9. The molecule has 0 aliphatic rings. The molecule has 7 aromatic carbocycles. The lowest BCUT2D eigenvalue weighted by atomic mass is 9.58. The smallest absolute Gasteiger partial charge is 0.143 e. The summed E-state index contributed by atoms with van der Waals surface area (Å²) in [5, 5.41) is 10.6. The fraction of sp³-hybridized carbons (Fsp3) is 0. The largest absolute Gasteiger partial charge is 0.457 e. The molecule has 0 fully saturated rings. The highest BCUT2D eigenvalue weighted by Crippen LogP contribution is 2.44. The number of hydrogen-bond acceptors (Lipinski definition) is 1. The third-order valence-electron chi connectivity index (χ3n) is 14.1. The van der Waals surface area contributed by atoms with Crippen molar-refractivity contribution in [3.8, 4) is 22.3 Å². The third kappa shape index (κ3) is 4.45. The van der Waals surface area contributed by atoms with Gasteiger partial charge in [0.2, 0.25) is 0 Å². The van der Waals surface area contributed by atoms with E-state index in [9.17, 15) is 0 Å². The second-order valence-electron chi connectivity index (χ2n) is 16.0. The lowest BCUT2D eigenvalue weighted by Gasteiger charge is -2.29. The van der Waals surface area contributed by atoms with Crippen molar-refractivity contribution in [3.63, 3.8) is 0 Å². The van der Waals surface area contributed by atoms with E-state index in [0.717, 1.165) is 11.2 Å². The average molecular weight is 648 g/mol. The van der Waals surface area contributed by atoms with Crippen molar-refractivity contribution < 1.29 is 4.42 Å².